The first-order chi connectivity index (χ1) is 9.97. The number of aromatic nitrogens is 3. The van der Waals surface area contributed by atoms with E-state index in [9.17, 15) is 4.79 Å². The molecule has 0 saturated carbocycles. The molecule has 0 fully saturated rings. The van der Waals surface area contributed by atoms with Gasteiger partial charge in [0.15, 0.2) is 11.5 Å². The van der Waals surface area contributed by atoms with Crippen molar-refractivity contribution in [2.75, 3.05) is 5.73 Å². The number of hydrogen-bond acceptors (Lipinski definition) is 4. The van der Waals surface area contributed by atoms with Crippen LogP contribution in [0.15, 0.2) is 34.8 Å². The van der Waals surface area contributed by atoms with Crippen molar-refractivity contribution in [1.82, 2.24) is 14.8 Å². The van der Waals surface area contributed by atoms with Crippen LogP contribution in [0, 0.1) is 13.8 Å². The topological polar surface area (TPSA) is 73.8 Å². The van der Waals surface area contributed by atoms with Crippen LogP contribution in [0.3, 0.4) is 0 Å². The summed E-state index contributed by atoms with van der Waals surface area (Å²) in [6, 6.07) is 9.02. The van der Waals surface area contributed by atoms with Gasteiger partial charge >= 0.3 is 0 Å². The first kappa shape index (κ1) is 13.8. The number of fused-ring (bicyclic) bond motifs is 1. The molecule has 0 spiro atoms. The highest BCUT2D eigenvalue weighted by Gasteiger charge is 2.18. The fourth-order valence-corrected chi connectivity index (χ4v) is 2.61. The van der Waals surface area contributed by atoms with E-state index in [1.54, 1.807) is 12.1 Å². The maximum atomic E-state index is 12.6. The van der Waals surface area contributed by atoms with Crippen LogP contribution in [-0.2, 0) is 0 Å². The molecule has 3 aromatic rings. The van der Waals surface area contributed by atoms with E-state index in [0.717, 1.165) is 21.1 Å². The lowest BCUT2D eigenvalue weighted by Gasteiger charge is -2.03. The molecule has 1 aromatic carbocycles. The monoisotopic (exact) mass is 344 g/mol. The van der Waals surface area contributed by atoms with E-state index < -0.39 is 0 Å². The van der Waals surface area contributed by atoms with E-state index >= 15 is 0 Å². The minimum absolute atomic E-state index is 0.248. The minimum Gasteiger partial charge on any atom is -0.382 e. The zero-order valence-electron chi connectivity index (χ0n) is 11.6. The predicted molar refractivity (Wildman–Crippen MR) is 85.3 cm³/mol. The van der Waals surface area contributed by atoms with Crippen LogP contribution in [0.1, 0.15) is 21.6 Å². The van der Waals surface area contributed by atoms with E-state index in [-0.39, 0.29) is 5.91 Å². The molecule has 6 heteroatoms. The van der Waals surface area contributed by atoms with Crippen molar-refractivity contribution >= 4 is 38.7 Å². The molecule has 0 aliphatic rings. The van der Waals surface area contributed by atoms with Crippen molar-refractivity contribution < 1.29 is 4.79 Å². The van der Waals surface area contributed by atoms with Gasteiger partial charge in [0.05, 0.1) is 5.39 Å². The summed E-state index contributed by atoms with van der Waals surface area (Å²) in [5, 5.41) is 4.89. The summed E-state index contributed by atoms with van der Waals surface area (Å²) in [6.07, 6.45) is 0. The number of benzene rings is 1. The molecule has 2 heterocycles. The van der Waals surface area contributed by atoms with Gasteiger partial charge in [-0.05, 0) is 49.7 Å². The SMILES string of the molecule is Cc1cc(C)c2c(N)nn(C(=O)c3ccc(Br)cc3)c2n1. The lowest BCUT2D eigenvalue weighted by Crippen LogP contribution is -2.14. The number of halogens is 1. The first-order valence-electron chi connectivity index (χ1n) is 6.40. The number of carbonyl (C=O) groups is 1. The molecule has 0 aliphatic carbocycles. The average Bonchev–Trinajstić information content (AvgIpc) is 2.76. The van der Waals surface area contributed by atoms with E-state index in [1.807, 2.05) is 32.0 Å². The second-order valence-corrected chi connectivity index (χ2v) is 5.80. The van der Waals surface area contributed by atoms with Gasteiger partial charge in [0.25, 0.3) is 5.91 Å². The molecule has 5 nitrogen and oxygen atoms in total. The molecule has 21 heavy (non-hydrogen) atoms. The molecule has 3 rings (SSSR count). The standard InChI is InChI=1S/C15H13BrN4O/c1-8-7-9(2)18-14-12(8)13(17)19-20(14)15(21)10-3-5-11(16)6-4-10/h3-7H,1-2H3,(H2,17,19). The maximum absolute atomic E-state index is 12.6. The smallest absolute Gasteiger partial charge is 0.280 e. The number of nitrogen functional groups attached to an aromatic ring is 1. The van der Waals surface area contributed by atoms with Crippen LogP contribution >= 0.6 is 15.9 Å². The van der Waals surface area contributed by atoms with Gasteiger partial charge in [-0.25, -0.2) is 4.98 Å². The Bertz CT molecular complexity index is 852. The van der Waals surface area contributed by atoms with Gasteiger partial charge in [-0.1, -0.05) is 15.9 Å². The Balaban J connectivity index is 2.21. The number of rotatable bonds is 1. The quantitative estimate of drug-likeness (QED) is 0.736. The zero-order valence-corrected chi connectivity index (χ0v) is 13.2. The zero-order chi connectivity index (χ0) is 15.1. The second kappa shape index (κ2) is 4.96. The lowest BCUT2D eigenvalue weighted by atomic mass is 10.1. The molecule has 0 saturated heterocycles. The number of hydrogen-bond donors (Lipinski definition) is 1. The predicted octanol–water partition coefficient (Wildman–Crippen LogP) is 3.08. The summed E-state index contributed by atoms with van der Waals surface area (Å²) in [4.78, 5) is 17.0. The highest BCUT2D eigenvalue weighted by molar-refractivity contribution is 9.10. The normalized spacial score (nSPS) is 11.0. The number of nitrogens with zero attached hydrogens (tertiary/aromatic N) is 3. The van der Waals surface area contributed by atoms with Crippen molar-refractivity contribution in [1.29, 1.82) is 0 Å². The third-order valence-electron chi connectivity index (χ3n) is 3.27. The Labute approximate surface area is 129 Å². The Hall–Kier alpha value is -2.21. The average molecular weight is 345 g/mol. The van der Waals surface area contributed by atoms with Gasteiger partial charge in [-0.3, -0.25) is 4.79 Å². The molecule has 2 N–H and O–H groups in total. The van der Waals surface area contributed by atoms with E-state index in [1.165, 1.54) is 4.68 Å². The number of pyridine rings is 1. The van der Waals surface area contributed by atoms with Crippen LogP contribution in [-0.4, -0.2) is 20.7 Å². The third-order valence-corrected chi connectivity index (χ3v) is 3.80. The summed E-state index contributed by atoms with van der Waals surface area (Å²) in [7, 11) is 0. The van der Waals surface area contributed by atoms with E-state index in [2.05, 4.69) is 26.0 Å². The van der Waals surface area contributed by atoms with Crippen LogP contribution in [0.2, 0.25) is 0 Å². The minimum atomic E-state index is -0.248. The molecule has 0 radical (unpaired) electrons. The highest BCUT2D eigenvalue weighted by atomic mass is 79.9. The van der Waals surface area contributed by atoms with Gasteiger partial charge in [0.2, 0.25) is 0 Å². The fraction of sp³-hybridized carbons (Fsp3) is 0.133. The van der Waals surface area contributed by atoms with Crippen LogP contribution in [0.5, 0.6) is 0 Å². The summed E-state index contributed by atoms with van der Waals surface area (Å²) < 4.78 is 2.18. The maximum Gasteiger partial charge on any atom is 0.280 e. The van der Waals surface area contributed by atoms with Crippen LogP contribution in [0.4, 0.5) is 5.82 Å². The molecule has 0 bridgehead atoms. The number of nitrogens with two attached hydrogens (primary N) is 1. The Morgan fingerprint density at radius 2 is 1.90 bits per heavy atom. The Morgan fingerprint density at radius 3 is 2.57 bits per heavy atom. The van der Waals surface area contributed by atoms with Gasteiger partial charge in [-0.2, -0.15) is 4.68 Å². The van der Waals surface area contributed by atoms with Crippen molar-refractivity contribution in [2.45, 2.75) is 13.8 Å². The lowest BCUT2D eigenvalue weighted by molar-refractivity contribution is 0.0950. The van der Waals surface area contributed by atoms with Crippen molar-refractivity contribution in [3.63, 3.8) is 0 Å². The third kappa shape index (κ3) is 2.31. The molecule has 0 aliphatic heterocycles. The molecule has 106 valence electrons. The number of aryl methyl sites for hydroxylation is 2. The van der Waals surface area contributed by atoms with Crippen LogP contribution in [0.25, 0.3) is 11.0 Å². The summed E-state index contributed by atoms with van der Waals surface area (Å²) in [5.74, 6) is 0.0714. The Kier molecular flexibility index (Phi) is 3.25. The molecule has 0 atom stereocenters. The highest BCUT2D eigenvalue weighted by Crippen LogP contribution is 2.24. The van der Waals surface area contributed by atoms with E-state index in [0.29, 0.717) is 17.0 Å². The Morgan fingerprint density at radius 1 is 1.24 bits per heavy atom. The van der Waals surface area contributed by atoms with Crippen LogP contribution < -0.4 is 5.73 Å². The van der Waals surface area contributed by atoms with E-state index in [4.69, 9.17) is 5.73 Å². The summed E-state index contributed by atoms with van der Waals surface area (Å²) in [6.45, 7) is 3.81. The van der Waals surface area contributed by atoms with Gasteiger partial charge in [-0.15, -0.1) is 5.10 Å². The van der Waals surface area contributed by atoms with Gasteiger partial charge in [0.1, 0.15) is 0 Å². The van der Waals surface area contributed by atoms with Gasteiger partial charge < -0.3 is 5.73 Å². The fourth-order valence-electron chi connectivity index (χ4n) is 2.35. The van der Waals surface area contributed by atoms with Crippen molar-refractivity contribution in [3.8, 4) is 0 Å². The number of anilines is 1. The molecule has 2 aromatic heterocycles. The van der Waals surface area contributed by atoms with Crippen molar-refractivity contribution in [3.05, 3.63) is 51.6 Å². The molecule has 0 unspecified atom stereocenters. The molecule has 0 amide bonds. The van der Waals surface area contributed by atoms with Gasteiger partial charge in [0, 0.05) is 15.7 Å². The number of carbonyl (C=O) groups excluding carboxylic acids is 1. The summed E-state index contributed by atoms with van der Waals surface area (Å²) in [5.41, 5.74) is 8.75. The first-order valence-corrected chi connectivity index (χ1v) is 7.19. The van der Waals surface area contributed by atoms with Crippen molar-refractivity contribution in [2.24, 2.45) is 0 Å². The summed E-state index contributed by atoms with van der Waals surface area (Å²) >= 11 is 3.35. The molecular weight excluding hydrogens is 332 g/mol. The largest absolute Gasteiger partial charge is 0.382 e. The second-order valence-electron chi connectivity index (χ2n) is 4.89. The molecular formula is C15H13BrN4O.